The first-order valence-corrected chi connectivity index (χ1v) is 12.3. The van der Waals surface area contributed by atoms with Gasteiger partial charge in [-0.05, 0) is 68.7 Å². The first kappa shape index (κ1) is 25.4. The van der Waals surface area contributed by atoms with Gasteiger partial charge < -0.3 is 20.5 Å². The number of benzene rings is 2. The normalized spacial score (nSPS) is 18.1. The summed E-state index contributed by atoms with van der Waals surface area (Å²) >= 11 is 1.42. The van der Waals surface area contributed by atoms with Crippen LogP contribution in [0.5, 0.6) is 5.75 Å². The second kappa shape index (κ2) is 12.3. The van der Waals surface area contributed by atoms with Gasteiger partial charge in [-0.15, -0.1) is 11.8 Å². The highest BCUT2D eigenvalue weighted by molar-refractivity contribution is 8.00. The monoisotopic (exact) mass is 482 g/mol. The van der Waals surface area contributed by atoms with Gasteiger partial charge in [0.05, 0.1) is 23.7 Å². The summed E-state index contributed by atoms with van der Waals surface area (Å²) in [5.74, 6) is -1.96. The molecule has 3 unspecified atom stereocenters. The number of amides is 2. The zero-order valence-electron chi connectivity index (χ0n) is 19.3. The molecule has 8 heteroatoms. The second-order valence-corrected chi connectivity index (χ2v) is 9.25. The minimum Gasteiger partial charge on any atom is -0.494 e. The van der Waals surface area contributed by atoms with Gasteiger partial charge in [0.15, 0.2) is 0 Å². The van der Waals surface area contributed by atoms with Crippen molar-refractivity contribution in [1.29, 1.82) is 0 Å². The molecular formula is C26H30N2O5S. The van der Waals surface area contributed by atoms with Crippen molar-refractivity contribution in [1.82, 2.24) is 0 Å². The Labute approximate surface area is 204 Å². The Balaban J connectivity index is 1.62. The van der Waals surface area contributed by atoms with E-state index in [2.05, 4.69) is 10.6 Å². The fourth-order valence-corrected chi connectivity index (χ4v) is 4.78. The van der Waals surface area contributed by atoms with E-state index in [1.165, 1.54) is 11.8 Å². The fourth-order valence-electron chi connectivity index (χ4n) is 3.77. The molecule has 0 saturated heterocycles. The van der Waals surface area contributed by atoms with Crippen molar-refractivity contribution in [3.8, 4) is 5.75 Å². The SMILES string of the molecule is CCOc1ccc(NC(=O)C(CC)Sc2cccc(NC(=O)C3CC=CCC3C(=O)O)c2)cc1. The predicted molar refractivity (Wildman–Crippen MR) is 134 cm³/mol. The molecule has 1 aliphatic carbocycles. The number of carbonyl (C=O) groups excluding carboxylic acids is 2. The van der Waals surface area contributed by atoms with Crippen LogP contribution in [-0.4, -0.2) is 34.7 Å². The third kappa shape index (κ3) is 6.87. The molecule has 0 radical (unpaired) electrons. The van der Waals surface area contributed by atoms with Crippen LogP contribution in [0.3, 0.4) is 0 Å². The van der Waals surface area contributed by atoms with Crippen LogP contribution in [0.4, 0.5) is 11.4 Å². The van der Waals surface area contributed by atoms with Crippen LogP contribution in [0.15, 0.2) is 65.6 Å². The Morgan fingerprint density at radius 2 is 1.71 bits per heavy atom. The van der Waals surface area contributed by atoms with Crippen molar-refractivity contribution in [3.63, 3.8) is 0 Å². The van der Waals surface area contributed by atoms with E-state index in [0.717, 1.165) is 10.6 Å². The van der Waals surface area contributed by atoms with Gasteiger partial charge in [0, 0.05) is 16.3 Å². The maximum atomic E-state index is 12.8. The van der Waals surface area contributed by atoms with E-state index in [-0.39, 0.29) is 17.1 Å². The molecule has 1 aliphatic rings. The number of ether oxygens (including phenoxy) is 1. The van der Waals surface area contributed by atoms with Gasteiger partial charge in [0.1, 0.15) is 5.75 Å². The molecule has 3 N–H and O–H groups in total. The number of hydrogen-bond acceptors (Lipinski definition) is 5. The van der Waals surface area contributed by atoms with Crippen LogP contribution in [-0.2, 0) is 14.4 Å². The van der Waals surface area contributed by atoms with Gasteiger partial charge in [-0.2, -0.15) is 0 Å². The van der Waals surface area contributed by atoms with Gasteiger partial charge in [-0.3, -0.25) is 14.4 Å². The Kier molecular flexibility index (Phi) is 9.16. The summed E-state index contributed by atoms with van der Waals surface area (Å²) in [5.41, 5.74) is 1.28. The average Bonchev–Trinajstić information content (AvgIpc) is 2.84. The number of carboxylic acids is 1. The van der Waals surface area contributed by atoms with Crippen LogP contribution < -0.4 is 15.4 Å². The smallest absolute Gasteiger partial charge is 0.307 e. The first-order chi connectivity index (χ1) is 16.4. The lowest BCUT2D eigenvalue weighted by Gasteiger charge is -2.24. The number of carboxylic acid groups (broad SMARTS) is 1. The maximum absolute atomic E-state index is 12.8. The number of hydrogen-bond donors (Lipinski definition) is 3. The molecule has 3 atom stereocenters. The maximum Gasteiger partial charge on any atom is 0.307 e. The highest BCUT2D eigenvalue weighted by atomic mass is 32.2. The van der Waals surface area contributed by atoms with Crippen molar-refractivity contribution >= 4 is 40.9 Å². The summed E-state index contributed by atoms with van der Waals surface area (Å²) in [4.78, 5) is 37.9. The first-order valence-electron chi connectivity index (χ1n) is 11.4. The van der Waals surface area contributed by atoms with Crippen molar-refractivity contribution in [2.75, 3.05) is 17.2 Å². The molecule has 180 valence electrons. The molecule has 0 bridgehead atoms. The Morgan fingerprint density at radius 3 is 2.35 bits per heavy atom. The summed E-state index contributed by atoms with van der Waals surface area (Å²) in [7, 11) is 0. The van der Waals surface area contributed by atoms with E-state index in [1.54, 1.807) is 18.2 Å². The third-order valence-electron chi connectivity index (χ3n) is 5.56. The van der Waals surface area contributed by atoms with Crippen LogP contribution in [0.2, 0.25) is 0 Å². The van der Waals surface area contributed by atoms with E-state index < -0.39 is 17.8 Å². The number of nitrogens with one attached hydrogen (secondary N) is 2. The van der Waals surface area contributed by atoms with E-state index in [0.29, 0.717) is 37.2 Å². The predicted octanol–water partition coefficient (Wildman–Crippen LogP) is 5.20. The van der Waals surface area contributed by atoms with Crippen molar-refractivity contribution in [2.45, 2.75) is 43.3 Å². The summed E-state index contributed by atoms with van der Waals surface area (Å²) in [5, 5.41) is 14.9. The van der Waals surface area contributed by atoms with Crippen molar-refractivity contribution in [3.05, 3.63) is 60.7 Å². The number of allylic oxidation sites excluding steroid dienone is 2. The van der Waals surface area contributed by atoms with E-state index in [4.69, 9.17) is 4.74 Å². The van der Waals surface area contributed by atoms with Crippen molar-refractivity contribution < 1.29 is 24.2 Å². The molecule has 0 fully saturated rings. The summed E-state index contributed by atoms with van der Waals surface area (Å²) in [6.45, 7) is 4.45. The Bertz CT molecular complexity index is 1040. The van der Waals surface area contributed by atoms with Crippen LogP contribution in [0.1, 0.15) is 33.1 Å². The highest BCUT2D eigenvalue weighted by Crippen LogP contribution is 2.31. The molecule has 34 heavy (non-hydrogen) atoms. The van der Waals surface area contributed by atoms with Gasteiger partial charge in [0.25, 0.3) is 0 Å². The number of thioether (sulfide) groups is 1. The Hall–Kier alpha value is -3.26. The number of carbonyl (C=O) groups is 3. The largest absolute Gasteiger partial charge is 0.494 e. The van der Waals surface area contributed by atoms with Crippen LogP contribution in [0.25, 0.3) is 0 Å². The van der Waals surface area contributed by atoms with E-state index >= 15 is 0 Å². The van der Waals surface area contributed by atoms with Gasteiger partial charge >= 0.3 is 5.97 Å². The number of rotatable bonds is 10. The van der Waals surface area contributed by atoms with E-state index in [9.17, 15) is 19.5 Å². The standard InChI is InChI=1S/C26H30N2O5S/c1-3-23(25(30)27-17-12-14-19(15-13-17)33-4-2)34-20-9-7-8-18(16-20)28-24(29)21-10-5-6-11-22(21)26(31)32/h5-9,12-16,21-23H,3-4,10-11H2,1-2H3,(H,27,30)(H,28,29)(H,31,32). The molecular weight excluding hydrogens is 452 g/mol. The number of anilines is 2. The average molecular weight is 483 g/mol. The zero-order valence-corrected chi connectivity index (χ0v) is 20.1. The van der Waals surface area contributed by atoms with Crippen molar-refractivity contribution in [2.24, 2.45) is 11.8 Å². The molecule has 3 rings (SSSR count). The minimum atomic E-state index is -0.960. The summed E-state index contributed by atoms with van der Waals surface area (Å²) < 4.78 is 5.43. The molecule has 0 heterocycles. The zero-order chi connectivity index (χ0) is 24.5. The van der Waals surface area contributed by atoms with E-state index in [1.807, 2.05) is 56.3 Å². The molecule has 7 nitrogen and oxygen atoms in total. The number of aliphatic carboxylic acids is 1. The third-order valence-corrected chi connectivity index (χ3v) is 6.92. The second-order valence-electron chi connectivity index (χ2n) is 7.97. The van der Waals surface area contributed by atoms with Gasteiger partial charge in [-0.1, -0.05) is 25.1 Å². The van der Waals surface area contributed by atoms with Crippen LogP contribution >= 0.6 is 11.8 Å². The highest BCUT2D eigenvalue weighted by Gasteiger charge is 2.34. The van der Waals surface area contributed by atoms with Gasteiger partial charge in [0.2, 0.25) is 11.8 Å². The molecule has 0 saturated carbocycles. The lowest BCUT2D eigenvalue weighted by Crippen LogP contribution is -2.34. The molecule has 2 aromatic rings. The summed E-state index contributed by atoms with van der Waals surface area (Å²) in [6, 6.07) is 14.5. The fraction of sp³-hybridized carbons (Fsp3) is 0.346. The molecule has 0 aliphatic heterocycles. The summed E-state index contributed by atoms with van der Waals surface area (Å²) in [6.07, 6.45) is 5.04. The quantitative estimate of drug-likeness (QED) is 0.318. The van der Waals surface area contributed by atoms with Crippen LogP contribution in [0, 0.1) is 11.8 Å². The lowest BCUT2D eigenvalue weighted by atomic mass is 9.82. The molecule has 0 aromatic heterocycles. The van der Waals surface area contributed by atoms with Gasteiger partial charge in [-0.25, -0.2) is 0 Å². The molecule has 2 amide bonds. The molecule has 0 spiro atoms. The lowest BCUT2D eigenvalue weighted by molar-refractivity contribution is -0.146. The topological polar surface area (TPSA) is 105 Å². The Morgan fingerprint density at radius 1 is 1.00 bits per heavy atom. The molecule has 2 aromatic carbocycles. The minimum absolute atomic E-state index is 0.107.